The van der Waals surface area contributed by atoms with Crippen LogP contribution in [0.15, 0.2) is 53.3 Å². The second-order valence-corrected chi connectivity index (χ2v) is 7.09. The average molecular weight is 446 g/mol. The molecule has 0 spiro atoms. The van der Waals surface area contributed by atoms with Crippen LogP contribution in [0.25, 0.3) is 5.69 Å². The number of benzene rings is 2. The Balaban J connectivity index is 2.08. The third kappa shape index (κ3) is 4.53. The first-order chi connectivity index (χ1) is 14.3. The van der Waals surface area contributed by atoms with Gasteiger partial charge in [-0.3, -0.25) is 9.59 Å². The summed E-state index contributed by atoms with van der Waals surface area (Å²) in [6.45, 7) is 3.55. The molecule has 9 heteroatoms. The summed E-state index contributed by atoms with van der Waals surface area (Å²) in [7, 11) is 0. The highest BCUT2D eigenvalue weighted by Gasteiger charge is 2.21. The monoisotopic (exact) mass is 445 g/mol. The third-order valence-electron chi connectivity index (χ3n) is 4.17. The molecule has 0 saturated heterocycles. The molecule has 3 rings (SSSR count). The van der Waals surface area contributed by atoms with Crippen LogP contribution in [-0.4, -0.2) is 28.3 Å². The molecule has 7 nitrogen and oxygen atoms in total. The zero-order valence-corrected chi connectivity index (χ0v) is 17.6. The lowest BCUT2D eigenvalue weighted by atomic mass is 10.2. The van der Waals surface area contributed by atoms with Crippen molar-refractivity contribution < 1.29 is 14.3 Å². The maximum Gasteiger partial charge on any atom is 0.360 e. The van der Waals surface area contributed by atoms with Gasteiger partial charge in [0.25, 0.3) is 11.5 Å². The molecular formula is C21H17Cl2N3O4. The Morgan fingerprint density at radius 3 is 2.53 bits per heavy atom. The fraction of sp³-hybridized carbons (Fsp3) is 0.143. The van der Waals surface area contributed by atoms with Gasteiger partial charge in [-0.2, -0.15) is 9.78 Å². The van der Waals surface area contributed by atoms with Crippen LogP contribution >= 0.6 is 23.2 Å². The number of carbonyl (C=O) groups is 2. The van der Waals surface area contributed by atoms with Gasteiger partial charge < -0.3 is 10.1 Å². The smallest absolute Gasteiger partial charge is 0.360 e. The van der Waals surface area contributed by atoms with Crippen LogP contribution in [0.4, 0.5) is 5.69 Å². The fourth-order valence-electron chi connectivity index (χ4n) is 2.74. The zero-order chi connectivity index (χ0) is 21.8. The molecule has 0 unspecified atom stereocenters. The van der Waals surface area contributed by atoms with Crippen molar-refractivity contribution >= 4 is 40.8 Å². The van der Waals surface area contributed by atoms with Crippen molar-refractivity contribution in [1.82, 2.24) is 9.78 Å². The standard InChI is InChI=1S/C21H17Cl2N3O4/c1-3-30-21(29)19-16(24-20(28)14-9-8-13(22)10-15(14)23)11-18(27)26(25-19)17-7-5-4-6-12(17)2/h4-11H,3H2,1-2H3,(H,24,28). The van der Waals surface area contributed by atoms with E-state index in [0.29, 0.717) is 10.7 Å². The number of hydrogen-bond donors (Lipinski definition) is 1. The van der Waals surface area contributed by atoms with Gasteiger partial charge in [0.1, 0.15) is 0 Å². The maximum absolute atomic E-state index is 12.7. The quantitative estimate of drug-likeness (QED) is 0.591. The summed E-state index contributed by atoms with van der Waals surface area (Å²) in [5.41, 5.74) is 0.588. The lowest BCUT2D eigenvalue weighted by molar-refractivity contribution is 0.0518. The number of halogens is 2. The molecule has 0 aliphatic heterocycles. The highest BCUT2D eigenvalue weighted by Crippen LogP contribution is 2.23. The summed E-state index contributed by atoms with van der Waals surface area (Å²) in [5, 5.41) is 7.17. The highest BCUT2D eigenvalue weighted by molar-refractivity contribution is 6.37. The molecule has 0 radical (unpaired) electrons. The van der Waals surface area contributed by atoms with Gasteiger partial charge in [0.15, 0.2) is 5.69 Å². The predicted octanol–water partition coefficient (Wildman–Crippen LogP) is 4.28. The normalized spacial score (nSPS) is 10.5. The number of esters is 1. The van der Waals surface area contributed by atoms with E-state index < -0.39 is 17.4 Å². The number of aromatic nitrogens is 2. The second kappa shape index (κ2) is 9.11. The zero-order valence-electron chi connectivity index (χ0n) is 16.1. The topological polar surface area (TPSA) is 90.3 Å². The predicted molar refractivity (Wildman–Crippen MR) is 115 cm³/mol. The molecule has 0 fully saturated rings. The van der Waals surface area contributed by atoms with Crippen molar-refractivity contribution in [3.8, 4) is 5.69 Å². The van der Waals surface area contributed by atoms with Gasteiger partial charge in [0.05, 0.1) is 28.6 Å². The van der Waals surface area contributed by atoms with Crippen LogP contribution < -0.4 is 10.9 Å². The van der Waals surface area contributed by atoms with Gasteiger partial charge >= 0.3 is 5.97 Å². The summed E-state index contributed by atoms with van der Waals surface area (Å²) < 4.78 is 6.13. The number of nitrogens with one attached hydrogen (secondary N) is 1. The molecule has 1 amide bonds. The summed E-state index contributed by atoms with van der Waals surface area (Å²) in [4.78, 5) is 37.9. The minimum atomic E-state index is -0.780. The number of hydrogen-bond acceptors (Lipinski definition) is 5. The number of carbonyl (C=O) groups excluding carboxylic acids is 2. The van der Waals surface area contributed by atoms with Crippen LogP contribution in [0.1, 0.15) is 33.3 Å². The minimum absolute atomic E-state index is 0.0840. The first kappa shape index (κ1) is 21.5. The van der Waals surface area contributed by atoms with Gasteiger partial charge in [-0.15, -0.1) is 0 Å². The lowest BCUT2D eigenvalue weighted by Gasteiger charge is -2.14. The largest absolute Gasteiger partial charge is 0.461 e. The van der Waals surface area contributed by atoms with Crippen LogP contribution in [-0.2, 0) is 4.74 Å². The van der Waals surface area contributed by atoms with Gasteiger partial charge in [-0.05, 0) is 43.7 Å². The molecule has 1 heterocycles. The number of ether oxygens (including phenoxy) is 1. The maximum atomic E-state index is 12.7. The van der Waals surface area contributed by atoms with E-state index >= 15 is 0 Å². The van der Waals surface area contributed by atoms with Gasteiger partial charge in [-0.25, -0.2) is 4.79 Å². The number of para-hydroxylation sites is 1. The lowest BCUT2D eigenvalue weighted by Crippen LogP contribution is -2.27. The number of anilines is 1. The summed E-state index contributed by atoms with van der Waals surface area (Å²) in [6.07, 6.45) is 0. The second-order valence-electron chi connectivity index (χ2n) is 6.24. The molecule has 1 aromatic heterocycles. The van der Waals surface area contributed by atoms with Crippen molar-refractivity contribution in [2.45, 2.75) is 13.8 Å². The first-order valence-electron chi connectivity index (χ1n) is 8.95. The van der Waals surface area contributed by atoms with E-state index in [1.54, 1.807) is 19.1 Å². The number of aryl methyl sites for hydroxylation is 1. The van der Waals surface area contributed by atoms with E-state index in [0.717, 1.165) is 16.3 Å². The molecular weight excluding hydrogens is 429 g/mol. The summed E-state index contributed by atoms with van der Waals surface area (Å²) >= 11 is 11.9. The third-order valence-corrected chi connectivity index (χ3v) is 4.72. The van der Waals surface area contributed by atoms with E-state index in [1.807, 2.05) is 19.1 Å². The molecule has 0 atom stereocenters. The van der Waals surface area contributed by atoms with E-state index in [9.17, 15) is 14.4 Å². The molecule has 2 aromatic carbocycles. The van der Waals surface area contributed by atoms with E-state index in [2.05, 4.69) is 10.4 Å². The number of nitrogens with zero attached hydrogens (tertiary/aromatic N) is 2. The van der Waals surface area contributed by atoms with E-state index in [1.165, 1.54) is 18.2 Å². The average Bonchev–Trinajstić information content (AvgIpc) is 2.69. The van der Waals surface area contributed by atoms with Gasteiger partial charge in [0.2, 0.25) is 0 Å². The van der Waals surface area contributed by atoms with Crippen molar-refractivity contribution in [1.29, 1.82) is 0 Å². The van der Waals surface area contributed by atoms with Crippen LogP contribution in [0.5, 0.6) is 0 Å². The Bertz CT molecular complexity index is 1190. The van der Waals surface area contributed by atoms with Crippen molar-refractivity contribution in [3.63, 3.8) is 0 Å². The van der Waals surface area contributed by atoms with Crippen molar-refractivity contribution in [2.75, 3.05) is 11.9 Å². The van der Waals surface area contributed by atoms with Gasteiger partial charge in [-0.1, -0.05) is 41.4 Å². The van der Waals surface area contributed by atoms with E-state index in [4.69, 9.17) is 27.9 Å². The number of amides is 1. The molecule has 0 aliphatic rings. The molecule has 154 valence electrons. The van der Waals surface area contributed by atoms with Crippen molar-refractivity contribution in [2.24, 2.45) is 0 Å². The Kier molecular flexibility index (Phi) is 6.54. The molecule has 0 saturated carbocycles. The molecule has 3 aromatic rings. The number of rotatable bonds is 5. The Morgan fingerprint density at radius 1 is 1.13 bits per heavy atom. The van der Waals surface area contributed by atoms with Gasteiger partial charge in [0, 0.05) is 11.1 Å². The summed E-state index contributed by atoms with van der Waals surface area (Å²) in [5.74, 6) is -1.41. The van der Waals surface area contributed by atoms with Crippen LogP contribution in [0, 0.1) is 6.92 Å². The van der Waals surface area contributed by atoms with Crippen LogP contribution in [0.2, 0.25) is 10.0 Å². The van der Waals surface area contributed by atoms with Crippen LogP contribution in [0.3, 0.4) is 0 Å². The minimum Gasteiger partial charge on any atom is -0.461 e. The molecule has 30 heavy (non-hydrogen) atoms. The van der Waals surface area contributed by atoms with E-state index in [-0.39, 0.29) is 28.6 Å². The molecule has 0 bridgehead atoms. The van der Waals surface area contributed by atoms with Crippen molar-refractivity contribution in [3.05, 3.63) is 85.8 Å². The fourth-order valence-corrected chi connectivity index (χ4v) is 3.23. The molecule has 0 aliphatic carbocycles. The highest BCUT2D eigenvalue weighted by atomic mass is 35.5. The Morgan fingerprint density at radius 2 is 1.87 bits per heavy atom. The SMILES string of the molecule is CCOC(=O)c1nn(-c2ccccc2C)c(=O)cc1NC(=O)c1ccc(Cl)cc1Cl. The molecule has 1 N–H and O–H groups in total. The summed E-state index contributed by atoms with van der Waals surface area (Å²) in [6, 6.07) is 12.6. The first-order valence-corrected chi connectivity index (χ1v) is 9.71. The Hall–Kier alpha value is -3.16. The Labute approximate surface area is 182 Å².